The summed E-state index contributed by atoms with van der Waals surface area (Å²) in [6, 6.07) is 13.3. The molecular formula is C20H17BrFN3O2. The molecule has 4 rings (SSSR count). The highest BCUT2D eigenvalue weighted by molar-refractivity contribution is 9.10. The molecule has 0 aliphatic carbocycles. The molecule has 1 aliphatic heterocycles. The summed E-state index contributed by atoms with van der Waals surface area (Å²) >= 11 is 3.38. The van der Waals surface area contributed by atoms with Crippen LogP contribution >= 0.6 is 15.9 Å². The van der Waals surface area contributed by atoms with Crippen LogP contribution in [0.5, 0.6) is 0 Å². The van der Waals surface area contributed by atoms with Crippen molar-refractivity contribution in [2.45, 2.75) is 18.8 Å². The zero-order chi connectivity index (χ0) is 18.8. The lowest BCUT2D eigenvalue weighted by molar-refractivity contribution is 0.0695. The molecule has 0 spiro atoms. The average Bonchev–Trinajstić information content (AvgIpc) is 3.19. The molecule has 7 heteroatoms. The van der Waals surface area contributed by atoms with E-state index in [1.807, 2.05) is 29.2 Å². The van der Waals surface area contributed by atoms with Gasteiger partial charge in [0.15, 0.2) is 0 Å². The summed E-state index contributed by atoms with van der Waals surface area (Å²) in [5.41, 5.74) is 1.36. The second kappa shape index (κ2) is 7.60. The molecule has 1 aromatic heterocycles. The van der Waals surface area contributed by atoms with Crippen LogP contribution in [0.25, 0.3) is 11.4 Å². The van der Waals surface area contributed by atoms with Gasteiger partial charge < -0.3 is 9.42 Å². The number of carbonyl (C=O) groups is 1. The zero-order valence-corrected chi connectivity index (χ0v) is 16.0. The topological polar surface area (TPSA) is 59.2 Å². The SMILES string of the molecule is O=C(c1ccc(Br)cc1)N1CCC[C@@H](c2nc(-c3ccc(F)cc3)no2)C1. The lowest BCUT2D eigenvalue weighted by atomic mass is 9.97. The maximum absolute atomic E-state index is 13.1. The highest BCUT2D eigenvalue weighted by atomic mass is 79.9. The van der Waals surface area contributed by atoms with E-state index >= 15 is 0 Å². The summed E-state index contributed by atoms with van der Waals surface area (Å²) in [5, 5.41) is 4.01. The smallest absolute Gasteiger partial charge is 0.253 e. The predicted octanol–water partition coefficient (Wildman–Crippen LogP) is 4.66. The first-order chi connectivity index (χ1) is 13.1. The number of amides is 1. The number of nitrogens with zero attached hydrogens (tertiary/aromatic N) is 3. The quantitative estimate of drug-likeness (QED) is 0.607. The van der Waals surface area contributed by atoms with Crippen LogP contribution in [-0.2, 0) is 0 Å². The molecule has 3 aromatic rings. The third-order valence-electron chi connectivity index (χ3n) is 4.69. The number of piperidine rings is 1. The normalized spacial score (nSPS) is 17.1. The van der Waals surface area contributed by atoms with Crippen molar-refractivity contribution in [3.63, 3.8) is 0 Å². The number of halogens is 2. The summed E-state index contributed by atoms with van der Waals surface area (Å²) in [6.07, 6.45) is 1.76. The Kier molecular flexibility index (Phi) is 5.03. The Bertz CT molecular complexity index is 941. The molecule has 1 atom stereocenters. The predicted molar refractivity (Wildman–Crippen MR) is 102 cm³/mol. The molecule has 2 heterocycles. The molecule has 0 N–H and O–H groups in total. The first-order valence-corrected chi connectivity index (χ1v) is 9.54. The third-order valence-corrected chi connectivity index (χ3v) is 5.22. The average molecular weight is 430 g/mol. The number of benzene rings is 2. The molecular weight excluding hydrogens is 413 g/mol. The fourth-order valence-electron chi connectivity index (χ4n) is 3.26. The van der Waals surface area contributed by atoms with Crippen molar-refractivity contribution in [3.05, 3.63) is 70.3 Å². The number of hydrogen-bond donors (Lipinski definition) is 0. The lowest BCUT2D eigenvalue weighted by Gasteiger charge is -2.31. The maximum Gasteiger partial charge on any atom is 0.253 e. The monoisotopic (exact) mass is 429 g/mol. The van der Waals surface area contributed by atoms with Crippen molar-refractivity contribution in [1.29, 1.82) is 0 Å². The van der Waals surface area contributed by atoms with Gasteiger partial charge in [0, 0.05) is 28.7 Å². The van der Waals surface area contributed by atoms with E-state index in [9.17, 15) is 9.18 Å². The van der Waals surface area contributed by atoms with Crippen LogP contribution in [0.15, 0.2) is 57.5 Å². The molecule has 1 fully saturated rings. The Balaban J connectivity index is 1.49. The number of likely N-dealkylation sites (tertiary alicyclic amines) is 1. The number of rotatable bonds is 3. The summed E-state index contributed by atoms with van der Waals surface area (Å²) in [7, 11) is 0. The lowest BCUT2D eigenvalue weighted by Crippen LogP contribution is -2.39. The molecule has 27 heavy (non-hydrogen) atoms. The highest BCUT2D eigenvalue weighted by Gasteiger charge is 2.29. The minimum Gasteiger partial charge on any atom is -0.339 e. The summed E-state index contributed by atoms with van der Waals surface area (Å²) in [4.78, 5) is 19.1. The van der Waals surface area contributed by atoms with Gasteiger partial charge in [-0.15, -0.1) is 0 Å². The Labute approximate surface area is 164 Å². The van der Waals surface area contributed by atoms with E-state index in [0.29, 0.717) is 35.9 Å². The van der Waals surface area contributed by atoms with Gasteiger partial charge in [0.05, 0.1) is 5.92 Å². The van der Waals surface area contributed by atoms with Crippen molar-refractivity contribution in [1.82, 2.24) is 15.0 Å². The fourth-order valence-corrected chi connectivity index (χ4v) is 3.52. The van der Waals surface area contributed by atoms with Gasteiger partial charge in [-0.1, -0.05) is 21.1 Å². The van der Waals surface area contributed by atoms with Crippen LogP contribution in [0.3, 0.4) is 0 Å². The minimum atomic E-state index is -0.308. The fraction of sp³-hybridized carbons (Fsp3) is 0.250. The summed E-state index contributed by atoms with van der Waals surface area (Å²) < 4.78 is 19.5. The van der Waals surface area contributed by atoms with Crippen LogP contribution in [0.1, 0.15) is 35.0 Å². The van der Waals surface area contributed by atoms with Crippen LogP contribution < -0.4 is 0 Å². The summed E-state index contributed by atoms with van der Waals surface area (Å²) in [5.74, 6) is 0.645. The van der Waals surface area contributed by atoms with Crippen LogP contribution in [-0.4, -0.2) is 34.0 Å². The standard InChI is InChI=1S/C20H17BrFN3O2/c21-16-7-3-14(4-8-16)20(26)25-11-1-2-15(12-25)19-23-18(24-27-19)13-5-9-17(22)10-6-13/h3-10,15H,1-2,11-12H2/t15-/m1/s1. The van der Waals surface area contributed by atoms with Gasteiger partial charge in [0.1, 0.15) is 5.82 Å². The largest absolute Gasteiger partial charge is 0.339 e. The number of aromatic nitrogens is 2. The van der Waals surface area contributed by atoms with Gasteiger partial charge in [-0.2, -0.15) is 4.98 Å². The van der Waals surface area contributed by atoms with E-state index in [-0.39, 0.29) is 17.6 Å². The number of carbonyl (C=O) groups excluding carboxylic acids is 1. The van der Waals surface area contributed by atoms with Gasteiger partial charge in [-0.3, -0.25) is 4.79 Å². The van der Waals surface area contributed by atoms with Crippen molar-refractivity contribution in [2.24, 2.45) is 0 Å². The molecule has 0 radical (unpaired) electrons. The Morgan fingerprint density at radius 1 is 1.15 bits per heavy atom. The van der Waals surface area contributed by atoms with E-state index < -0.39 is 0 Å². The molecule has 1 saturated heterocycles. The van der Waals surface area contributed by atoms with E-state index in [4.69, 9.17) is 4.52 Å². The van der Waals surface area contributed by atoms with E-state index in [0.717, 1.165) is 17.3 Å². The van der Waals surface area contributed by atoms with E-state index in [2.05, 4.69) is 26.1 Å². The Morgan fingerprint density at radius 3 is 2.63 bits per heavy atom. The van der Waals surface area contributed by atoms with Crippen LogP contribution in [0.4, 0.5) is 4.39 Å². The van der Waals surface area contributed by atoms with Gasteiger partial charge >= 0.3 is 0 Å². The molecule has 1 amide bonds. The zero-order valence-electron chi connectivity index (χ0n) is 14.4. The molecule has 0 unspecified atom stereocenters. The van der Waals surface area contributed by atoms with Crippen molar-refractivity contribution < 1.29 is 13.7 Å². The molecule has 5 nitrogen and oxygen atoms in total. The van der Waals surface area contributed by atoms with Gasteiger partial charge in [0.25, 0.3) is 5.91 Å². The Hall–Kier alpha value is -2.54. The van der Waals surface area contributed by atoms with E-state index in [1.165, 1.54) is 12.1 Å². The highest BCUT2D eigenvalue weighted by Crippen LogP contribution is 2.28. The second-order valence-corrected chi connectivity index (χ2v) is 7.48. The van der Waals surface area contributed by atoms with Crippen molar-refractivity contribution in [3.8, 4) is 11.4 Å². The molecule has 138 valence electrons. The molecule has 0 bridgehead atoms. The summed E-state index contributed by atoms with van der Waals surface area (Å²) in [6.45, 7) is 1.25. The van der Waals surface area contributed by atoms with Crippen molar-refractivity contribution >= 4 is 21.8 Å². The van der Waals surface area contributed by atoms with E-state index in [1.54, 1.807) is 12.1 Å². The van der Waals surface area contributed by atoms with Crippen molar-refractivity contribution in [2.75, 3.05) is 13.1 Å². The van der Waals surface area contributed by atoms with Crippen LogP contribution in [0, 0.1) is 5.82 Å². The first-order valence-electron chi connectivity index (χ1n) is 8.74. The minimum absolute atomic E-state index is 0.000142. The maximum atomic E-state index is 13.1. The third kappa shape index (κ3) is 3.93. The molecule has 0 saturated carbocycles. The number of hydrogen-bond acceptors (Lipinski definition) is 4. The van der Waals surface area contributed by atoms with Crippen LogP contribution in [0.2, 0.25) is 0 Å². The first kappa shape index (κ1) is 17.9. The van der Waals surface area contributed by atoms with Gasteiger partial charge in [-0.05, 0) is 61.4 Å². The molecule has 2 aromatic carbocycles. The Morgan fingerprint density at radius 2 is 1.89 bits per heavy atom. The van der Waals surface area contributed by atoms with Gasteiger partial charge in [0.2, 0.25) is 11.7 Å². The second-order valence-electron chi connectivity index (χ2n) is 6.56. The van der Waals surface area contributed by atoms with Gasteiger partial charge in [-0.25, -0.2) is 4.39 Å². The molecule has 1 aliphatic rings.